The Morgan fingerprint density at radius 1 is 1.47 bits per heavy atom. The van der Waals surface area contributed by atoms with Crippen LogP contribution in [0.25, 0.3) is 0 Å². The summed E-state index contributed by atoms with van der Waals surface area (Å²) < 4.78 is 5.51. The molecule has 0 bridgehead atoms. The Hall–Kier alpha value is -1.55. The number of ether oxygens (including phenoxy) is 1. The van der Waals surface area contributed by atoms with Gasteiger partial charge in [-0.3, -0.25) is 0 Å². The monoisotopic (exact) mass is 246 g/mol. The van der Waals surface area contributed by atoms with Crippen molar-refractivity contribution in [3.05, 3.63) is 40.9 Å². The van der Waals surface area contributed by atoms with E-state index in [0.717, 1.165) is 23.9 Å². The standard InChI is InChI=1S/C13H14N2OS/c1-9(15-13-14-5-7-17-13)10-2-3-12-11(8-10)4-6-16-12/h2-3,5,7-9H,4,6H2,1H3,(H,14,15). The third-order valence-corrected chi connectivity index (χ3v) is 3.69. The van der Waals surface area contributed by atoms with Gasteiger partial charge in [-0.05, 0) is 30.2 Å². The Morgan fingerprint density at radius 2 is 2.41 bits per heavy atom. The van der Waals surface area contributed by atoms with Crippen LogP contribution in [0.1, 0.15) is 24.1 Å². The van der Waals surface area contributed by atoms with E-state index in [0.29, 0.717) is 0 Å². The van der Waals surface area contributed by atoms with E-state index in [1.807, 2.05) is 11.6 Å². The second-order valence-corrected chi connectivity index (χ2v) is 5.06. The minimum atomic E-state index is 0.270. The van der Waals surface area contributed by atoms with E-state index in [9.17, 15) is 0 Å². The molecule has 1 unspecified atom stereocenters. The highest BCUT2D eigenvalue weighted by Gasteiger charge is 2.14. The van der Waals surface area contributed by atoms with Crippen molar-refractivity contribution in [1.29, 1.82) is 0 Å². The molecule has 3 nitrogen and oxygen atoms in total. The van der Waals surface area contributed by atoms with E-state index in [2.05, 4.69) is 35.4 Å². The lowest BCUT2D eigenvalue weighted by Crippen LogP contribution is -2.06. The third-order valence-electron chi connectivity index (χ3n) is 2.99. The average molecular weight is 246 g/mol. The lowest BCUT2D eigenvalue weighted by molar-refractivity contribution is 0.357. The summed E-state index contributed by atoms with van der Waals surface area (Å²) in [4.78, 5) is 4.24. The van der Waals surface area contributed by atoms with Gasteiger partial charge in [0.15, 0.2) is 5.13 Å². The minimum absolute atomic E-state index is 0.270. The maximum atomic E-state index is 5.51. The number of benzene rings is 1. The van der Waals surface area contributed by atoms with E-state index >= 15 is 0 Å². The summed E-state index contributed by atoms with van der Waals surface area (Å²) >= 11 is 1.62. The number of aromatic nitrogens is 1. The van der Waals surface area contributed by atoms with Crippen LogP contribution in [0.15, 0.2) is 29.8 Å². The highest BCUT2D eigenvalue weighted by atomic mass is 32.1. The van der Waals surface area contributed by atoms with E-state index < -0.39 is 0 Å². The van der Waals surface area contributed by atoms with Crippen LogP contribution in [0.4, 0.5) is 5.13 Å². The topological polar surface area (TPSA) is 34.2 Å². The number of hydrogen-bond acceptors (Lipinski definition) is 4. The Bertz CT molecular complexity index is 510. The summed E-state index contributed by atoms with van der Waals surface area (Å²) in [6, 6.07) is 6.69. The third kappa shape index (κ3) is 2.13. The summed E-state index contributed by atoms with van der Waals surface area (Å²) in [5.41, 5.74) is 2.60. The fraction of sp³-hybridized carbons (Fsp3) is 0.308. The Balaban J connectivity index is 1.79. The van der Waals surface area contributed by atoms with Crippen LogP contribution in [-0.2, 0) is 6.42 Å². The van der Waals surface area contributed by atoms with E-state index in [1.54, 1.807) is 11.3 Å². The van der Waals surface area contributed by atoms with Crippen molar-refractivity contribution in [2.45, 2.75) is 19.4 Å². The van der Waals surface area contributed by atoms with Crippen molar-refractivity contribution in [2.75, 3.05) is 11.9 Å². The van der Waals surface area contributed by atoms with Gasteiger partial charge in [0.25, 0.3) is 0 Å². The zero-order chi connectivity index (χ0) is 11.7. The number of rotatable bonds is 3. The molecular weight excluding hydrogens is 232 g/mol. The fourth-order valence-electron chi connectivity index (χ4n) is 2.04. The second-order valence-electron chi connectivity index (χ2n) is 4.17. The van der Waals surface area contributed by atoms with Gasteiger partial charge >= 0.3 is 0 Å². The first kappa shape index (κ1) is 10.6. The molecule has 4 heteroatoms. The van der Waals surface area contributed by atoms with Crippen LogP contribution in [0.3, 0.4) is 0 Å². The van der Waals surface area contributed by atoms with Gasteiger partial charge in [-0.1, -0.05) is 6.07 Å². The molecule has 3 rings (SSSR count). The summed E-state index contributed by atoms with van der Waals surface area (Å²) in [5, 5.41) is 6.34. The molecule has 0 aliphatic carbocycles. The molecule has 0 saturated carbocycles. The highest BCUT2D eigenvalue weighted by Crippen LogP contribution is 2.29. The zero-order valence-corrected chi connectivity index (χ0v) is 10.5. The largest absolute Gasteiger partial charge is 0.493 e. The summed E-state index contributed by atoms with van der Waals surface area (Å²) in [5.74, 6) is 1.04. The van der Waals surface area contributed by atoms with Gasteiger partial charge in [0.2, 0.25) is 0 Å². The number of hydrogen-bond donors (Lipinski definition) is 1. The fourth-order valence-corrected chi connectivity index (χ4v) is 2.66. The van der Waals surface area contributed by atoms with Crippen molar-refractivity contribution < 1.29 is 4.74 Å². The molecule has 0 fully saturated rings. The molecule has 1 aliphatic heterocycles. The van der Waals surface area contributed by atoms with Crippen LogP contribution < -0.4 is 10.1 Å². The molecule has 2 heterocycles. The zero-order valence-electron chi connectivity index (χ0n) is 9.64. The number of thiazole rings is 1. The second kappa shape index (κ2) is 4.37. The lowest BCUT2D eigenvalue weighted by atomic mass is 10.0. The molecule has 0 radical (unpaired) electrons. The quantitative estimate of drug-likeness (QED) is 0.902. The van der Waals surface area contributed by atoms with Gasteiger partial charge in [0.05, 0.1) is 12.6 Å². The molecule has 0 amide bonds. The number of nitrogens with zero attached hydrogens (tertiary/aromatic N) is 1. The maximum Gasteiger partial charge on any atom is 0.183 e. The summed E-state index contributed by atoms with van der Waals surface area (Å²) in [6.07, 6.45) is 2.84. The van der Waals surface area contributed by atoms with Gasteiger partial charge in [-0.2, -0.15) is 0 Å². The molecule has 1 aromatic carbocycles. The average Bonchev–Trinajstić information content (AvgIpc) is 2.97. The summed E-state index contributed by atoms with van der Waals surface area (Å²) in [6.45, 7) is 2.96. The van der Waals surface area contributed by atoms with E-state index in [-0.39, 0.29) is 6.04 Å². The lowest BCUT2D eigenvalue weighted by Gasteiger charge is -2.14. The molecule has 0 spiro atoms. The summed E-state index contributed by atoms with van der Waals surface area (Å²) in [7, 11) is 0. The molecule has 1 N–H and O–H groups in total. The van der Waals surface area contributed by atoms with Gasteiger partial charge in [0, 0.05) is 18.0 Å². The Labute approximate surface area is 104 Å². The first-order valence-corrected chi connectivity index (χ1v) is 6.62. The molecule has 1 atom stereocenters. The molecule has 0 saturated heterocycles. The minimum Gasteiger partial charge on any atom is -0.493 e. The van der Waals surface area contributed by atoms with Gasteiger partial charge in [-0.15, -0.1) is 11.3 Å². The van der Waals surface area contributed by atoms with Crippen molar-refractivity contribution >= 4 is 16.5 Å². The number of anilines is 1. The van der Waals surface area contributed by atoms with Crippen molar-refractivity contribution in [3.63, 3.8) is 0 Å². The van der Waals surface area contributed by atoms with E-state index in [1.165, 1.54) is 11.1 Å². The SMILES string of the molecule is CC(Nc1nccs1)c1ccc2c(c1)CCO2. The van der Waals surface area contributed by atoms with Crippen molar-refractivity contribution in [2.24, 2.45) is 0 Å². The number of fused-ring (bicyclic) bond motifs is 1. The maximum absolute atomic E-state index is 5.51. The normalized spacial score (nSPS) is 15.1. The van der Waals surface area contributed by atoms with Crippen LogP contribution in [0, 0.1) is 0 Å². The van der Waals surface area contributed by atoms with E-state index in [4.69, 9.17) is 4.74 Å². The van der Waals surface area contributed by atoms with Gasteiger partial charge in [-0.25, -0.2) is 4.98 Å². The first-order valence-electron chi connectivity index (χ1n) is 5.74. The molecular formula is C13H14N2OS. The smallest absolute Gasteiger partial charge is 0.183 e. The molecule has 1 aromatic heterocycles. The van der Waals surface area contributed by atoms with Crippen LogP contribution >= 0.6 is 11.3 Å². The van der Waals surface area contributed by atoms with Crippen LogP contribution in [0.5, 0.6) is 5.75 Å². The molecule has 17 heavy (non-hydrogen) atoms. The van der Waals surface area contributed by atoms with Crippen molar-refractivity contribution in [1.82, 2.24) is 4.98 Å². The Kier molecular flexibility index (Phi) is 2.73. The van der Waals surface area contributed by atoms with Crippen LogP contribution in [0.2, 0.25) is 0 Å². The predicted molar refractivity (Wildman–Crippen MR) is 69.8 cm³/mol. The van der Waals surface area contributed by atoms with Crippen molar-refractivity contribution in [3.8, 4) is 5.75 Å². The molecule has 1 aliphatic rings. The van der Waals surface area contributed by atoms with Crippen LogP contribution in [-0.4, -0.2) is 11.6 Å². The molecule has 88 valence electrons. The number of nitrogens with one attached hydrogen (secondary N) is 1. The molecule has 2 aromatic rings. The highest BCUT2D eigenvalue weighted by molar-refractivity contribution is 7.13. The van der Waals surface area contributed by atoms with Gasteiger partial charge in [0.1, 0.15) is 5.75 Å². The first-order chi connectivity index (χ1) is 8.33. The van der Waals surface area contributed by atoms with Gasteiger partial charge < -0.3 is 10.1 Å². The predicted octanol–water partition coefficient (Wildman–Crippen LogP) is 3.25. The Morgan fingerprint density at radius 3 is 3.24 bits per heavy atom.